The fraction of sp³-hybridized carbons (Fsp3) is 0.480. The van der Waals surface area contributed by atoms with E-state index in [-0.39, 0.29) is 5.92 Å². The van der Waals surface area contributed by atoms with E-state index in [1.165, 1.54) is 29.3 Å². The van der Waals surface area contributed by atoms with E-state index in [4.69, 9.17) is 10.5 Å². The monoisotopic (exact) mass is 473 g/mol. The highest BCUT2D eigenvalue weighted by Gasteiger charge is 2.45. The number of carbonyl (C=O) groups excluding carboxylic acids is 1. The molecule has 1 heterocycles. The lowest BCUT2D eigenvalue weighted by Gasteiger charge is -2.35. The van der Waals surface area contributed by atoms with Gasteiger partial charge in [-0.25, -0.2) is 12.7 Å². The minimum Gasteiger partial charge on any atom is -0.492 e. The van der Waals surface area contributed by atoms with Crippen molar-refractivity contribution < 1.29 is 17.9 Å². The average Bonchev–Trinajstić information content (AvgIpc) is 2.79. The predicted molar refractivity (Wildman–Crippen MR) is 132 cm³/mol. The molecule has 0 saturated carbocycles. The van der Waals surface area contributed by atoms with Gasteiger partial charge in [0.05, 0.1) is 0 Å². The number of aryl methyl sites for hydroxylation is 1. The molecule has 2 aromatic rings. The van der Waals surface area contributed by atoms with Gasteiger partial charge in [-0.3, -0.25) is 4.79 Å². The molecule has 0 aromatic heterocycles. The molecule has 0 aliphatic carbocycles. The summed E-state index contributed by atoms with van der Waals surface area (Å²) in [4.78, 5) is 11.7. The predicted octanol–water partition coefficient (Wildman–Crippen LogP) is 3.03. The van der Waals surface area contributed by atoms with Gasteiger partial charge in [0.25, 0.3) is 0 Å². The summed E-state index contributed by atoms with van der Waals surface area (Å²) in [5, 5.41) is 3.07. The first-order valence-corrected chi connectivity index (χ1v) is 12.8. The molecule has 1 saturated heterocycles. The van der Waals surface area contributed by atoms with Gasteiger partial charge in [0.2, 0.25) is 15.9 Å². The van der Waals surface area contributed by atoms with Crippen molar-refractivity contribution >= 4 is 15.9 Å². The fourth-order valence-electron chi connectivity index (χ4n) is 4.17. The number of rotatable bonds is 9. The van der Waals surface area contributed by atoms with Gasteiger partial charge >= 0.3 is 0 Å². The summed E-state index contributed by atoms with van der Waals surface area (Å²) in [5.41, 5.74) is 9.99. The van der Waals surface area contributed by atoms with Crippen LogP contribution >= 0.6 is 0 Å². The number of nitrogens with one attached hydrogen (secondary N) is 1. The second-order valence-electron chi connectivity index (χ2n) is 9.11. The maximum absolute atomic E-state index is 12.9. The molecule has 1 aliphatic rings. The molecule has 3 rings (SSSR count). The van der Waals surface area contributed by atoms with Crippen LogP contribution in [0.3, 0.4) is 0 Å². The summed E-state index contributed by atoms with van der Waals surface area (Å²) in [6.45, 7) is 7.02. The number of benzene rings is 2. The Morgan fingerprint density at radius 2 is 1.88 bits per heavy atom. The van der Waals surface area contributed by atoms with Gasteiger partial charge in [-0.1, -0.05) is 30.3 Å². The topological polar surface area (TPSA) is 102 Å². The third kappa shape index (κ3) is 5.39. The number of hydrogen-bond donors (Lipinski definition) is 2. The summed E-state index contributed by atoms with van der Waals surface area (Å²) >= 11 is 0. The number of nitrogens with zero attached hydrogens (tertiary/aromatic N) is 1. The molecule has 1 aliphatic heterocycles. The lowest BCUT2D eigenvalue weighted by atomic mass is 9.87. The Bertz CT molecular complexity index is 1090. The van der Waals surface area contributed by atoms with E-state index >= 15 is 0 Å². The van der Waals surface area contributed by atoms with Crippen molar-refractivity contribution in [3.8, 4) is 16.9 Å². The van der Waals surface area contributed by atoms with Gasteiger partial charge in [-0.05, 0) is 81.0 Å². The van der Waals surface area contributed by atoms with Crippen LogP contribution in [0.15, 0.2) is 42.5 Å². The summed E-state index contributed by atoms with van der Waals surface area (Å²) in [6.07, 6.45) is 1.42. The standard InChI is InChI=1S/C25H35N3O4S/c1-18-16-20(8-9-23(18)21-6-5-7-22(17-21)32-15-12-27-4)19-10-13-28(14-11-19)33(30,31)25(2,3)24(26)29/h5-9,16-17,19,27H,10-15H2,1-4H3,(H2,26,29). The number of likely N-dealkylation sites (N-methyl/N-ethyl adjacent to an activating group) is 1. The zero-order valence-electron chi connectivity index (χ0n) is 19.9. The van der Waals surface area contributed by atoms with Gasteiger partial charge in [-0.2, -0.15) is 0 Å². The van der Waals surface area contributed by atoms with E-state index in [9.17, 15) is 13.2 Å². The van der Waals surface area contributed by atoms with Crippen LogP contribution in [0.2, 0.25) is 0 Å². The van der Waals surface area contributed by atoms with Crippen LogP contribution in [0.4, 0.5) is 0 Å². The number of primary amides is 1. The number of piperidine rings is 1. The molecule has 2 aromatic carbocycles. The van der Waals surface area contributed by atoms with Crippen molar-refractivity contribution in [3.05, 3.63) is 53.6 Å². The molecule has 8 heteroatoms. The number of amides is 1. The van der Waals surface area contributed by atoms with E-state index < -0.39 is 20.7 Å². The lowest BCUT2D eigenvalue weighted by Crippen LogP contribution is -2.53. The Balaban J connectivity index is 1.71. The summed E-state index contributed by atoms with van der Waals surface area (Å²) < 4.78 is 31.3. The fourth-order valence-corrected chi connectivity index (χ4v) is 5.76. The normalized spacial score (nSPS) is 16.0. The highest BCUT2D eigenvalue weighted by Crippen LogP contribution is 2.35. The summed E-state index contributed by atoms with van der Waals surface area (Å²) in [5.74, 6) is 0.295. The van der Waals surface area contributed by atoms with Crippen molar-refractivity contribution in [1.82, 2.24) is 9.62 Å². The number of carbonyl (C=O) groups is 1. The minimum atomic E-state index is -3.79. The average molecular weight is 474 g/mol. The molecule has 3 N–H and O–H groups in total. The van der Waals surface area contributed by atoms with Crippen LogP contribution in [-0.4, -0.2) is 56.7 Å². The van der Waals surface area contributed by atoms with E-state index in [0.29, 0.717) is 32.5 Å². The Kier molecular flexibility index (Phi) is 7.82. The quantitative estimate of drug-likeness (QED) is 0.545. The molecule has 0 atom stereocenters. The van der Waals surface area contributed by atoms with Crippen LogP contribution in [-0.2, 0) is 14.8 Å². The van der Waals surface area contributed by atoms with Gasteiger partial charge in [-0.15, -0.1) is 0 Å². The number of ether oxygens (including phenoxy) is 1. The van der Waals surface area contributed by atoms with Crippen molar-refractivity contribution in [1.29, 1.82) is 0 Å². The molecule has 0 radical (unpaired) electrons. The van der Waals surface area contributed by atoms with Crippen molar-refractivity contribution in [3.63, 3.8) is 0 Å². The first-order valence-electron chi connectivity index (χ1n) is 11.4. The van der Waals surface area contributed by atoms with Crippen molar-refractivity contribution in [2.45, 2.75) is 44.3 Å². The Hall–Kier alpha value is -2.42. The van der Waals surface area contributed by atoms with Crippen LogP contribution in [0.1, 0.15) is 43.7 Å². The molecule has 0 unspecified atom stereocenters. The highest BCUT2D eigenvalue weighted by molar-refractivity contribution is 7.91. The van der Waals surface area contributed by atoms with E-state index in [0.717, 1.165) is 23.4 Å². The Labute approximate surface area is 197 Å². The van der Waals surface area contributed by atoms with Gasteiger partial charge in [0.15, 0.2) is 4.75 Å². The maximum atomic E-state index is 12.9. The third-order valence-electron chi connectivity index (χ3n) is 6.52. The van der Waals surface area contributed by atoms with Crippen LogP contribution in [0, 0.1) is 6.92 Å². The first-order chi connectivity index (χ1) is 15.6. The van der Waals surface area contributed by atoms with Gasteiger partial charge in [0, 0.05) is 19.6 Å². The summed E-state index contributed by atoms with van der Waals surface area (Å²) in [6, 6.07) is 14.6. The van der Waals surface area contributed by atoms with Gasteiger partial charge < -0.3 is 15.8 Å². The minimum absolute atomic E-state index is 0.275. The number of hydrogen-bond acceptors (Lipinski definition) is 5. The molecule has 1 fully saturated rings. The first kappa shape index (κ1) is 25.2. The highest BCUT2D eigenvalue weighted by atomic mass is 32.2. The zero-order chi connectivity index (χ0) is 24.2. The van der Waals surface area contributed by atoms with Crippen molar-refractivity contribution in [2.75, 3.05) is 33.3 Å². The number of nitrogens with two attached hydrogens (primary N) is 1. The van der Waals surface area contributed by atoms with E-state index in [1.54, 1.807) is 0 Å². The Morgan fingerprint density at radius 3 is 2.48 bits per heavy atom. The van der Waals surface area contributed by atoms with Gasteiger partial charge in [0.1, 0.15) is 12.4 Å². The third-order valence-corrected chi connectivity index (χ3v) is 9.06. The molecule has 0 spiro atoms. The molecule has 0 bridgehead atoms. The SMILES string of the molecule is CNCCOc1cccc(-c2ccc(C3CCN(S(=O)(=O)C(C)(C)C(N)=O)CC3)cc2C)c1. The second kappa shape index (κ2) is 10.2. The van der Waals surface area contributed by atoms with Crippen LogP contribution in [0.25, 0.3) is 11.1 Å². The number of sulfonamides is 1. The van der Waals surface area contributed by atoms with Crippen LogP contribution in [0.5, 0.6) is 5.75 Å². The smallest absolute Gasteiger partial charge is 0.239 e. The molecular weight excluding hydrogens is 438 g/mol. The Morgan fingerprint density at radius 1 is 1.18 bits per heavy atom. The van der Waals surface area contributed by atoms with Crippen molar-refractivity contribution in [2.24, 2.45) is 5.73 Å². The van der Waals surface area contributed by atoms with E-state index in [1.807, 2.05) is 19.2 Å². The molecule has 7 nitrogen and oxygen atoms in total. The second-order valence-corrected chi connectivity index (χ2v) is 11.6. The maximum Gasteiger partial charge on any atom is 0.239 e. The molecule has 33 heavy (non-hydrogen) atoms. The van der Waals surface area contributed by atoms with E-state index in [2.05, 4.69) is 42.6 Å². The molecule has 180 valence electrons. The zero-order valence-corrected chi connectivity index (χ0v) is 20.7. The van der Waals surface area contributed by atoms with Crippen LogP contribution < -0.4 is 15.8 Å². The lowest BCUT2D eigenvalue weighted by molar-refractivity contribution is -0.119. The summed E-state index contributed by atoms with van der Waals surface area (Å²) in [7, 11) is -1.89. The molecular formula is C25H35N3O4S. The largest absolute Gasteiger partial charge is 0.492 e. The molecule has 1 amide bonds.